The molecule has 0 radical (unpaired) electrons. The van der Waals surface area contributed by atoms with Gasteiger partial charge in [0, 0.05) is 10.7 Å². The van der Waals surface area contributed by atoms with Crippen molar-refractivity contribution in [2.24, 2.45) is 0 Å². The molecule has 2 aromatic rings. The predicted molar refractivity (Wildman–Crippen MR) is 70.4 cm³/mol. The average Bonchev–Trinajstić information content (AvgIpc) is 2.32. The lowest BCUT2D eigenvalue weighted by molar-refractivity contribution is 0.0694. The van der Waals surface area contributed by atoms with Crippen LogP contribution < -0.4 is 4.74 Å². The Balaban J connectivity index is 2.42. The van der Waals surface area contributed by atoms with Crippen LogP contribution in [0.2, 0.25) is 5.02 Å². The van der Waals surface area contributed by atoms with E-state index < -0.39 is 5.97 Å². The van der Waals surface area contributed by atoms with E-state index in [-0.39, 0.29) is 17.2 Å². The van der Waals surface area contributed by atoms with Gasteiger partial charge in [0.15, 0.2) is 0 Å². The van der Waals surface area contributed by atoms with Gasteiger partial charge >= 0.3 is 5.97 Å². The smallest absolute Gasteiger partial charge is 0.339 e. The number of hydrogen-bond donors (Lipinski definition) is 1. The van der Waals surface area contributed by atoms with Gasteiger partial charge in [0.25, 0.3) is 0 Å². The van der Waals surface area contributed by atoms with Crippen molar-refractivity contribution in [3.63, 3.8) is 0 Å². The molecule has 0 aliphatic carbocycles. The Morgan fingerprint density at radius 3 is 2.83 bits per heavy atom. The van der Waals surface area contributed by atoms with Crippen molar-refractivity contribution in [3.05, 3.63) is 51.6 Å². The molecular formula is C12H7BrClNO3. The molecule has 0 amide bonds. The van der Waals surface area contributed by atoms with Gasteiger partial charge in [-0.05, 0) is 30.3 Å². The van der Waals surface area contributed by atoms with E-state index in [2.05, 4.69) is 20.9 Å². The van der Waals surface area contributed by atoms with E-state index in [1.54, 1.807) is 24.3 Å². The number of pyridine rings is 1. The second-order valence-corrected chi connectivity index (χ2v) is 4.66. The van der Waals surface area contributed by atoms with Gasteiger partial charge in [-0.2, -0.15) is 0 Å². The molecule has 4 nitrogen and oxygen atoms in total. The largest absolute Gasteiger partial charge is 0.478 e. The fraction of sp³-hybridized carbons (Fsp3) is 0. The minimum atomic E-state index is -1.08. The number of hydrogen-bond acceptors (Lipinski definition) is 3. The van der Waals surface area contributed by atoms with Crippen LogP contribution in [0.3, 0.4) is 0 Å². The predicted octanol–water partition coefficient (Wildman–Crippen LogP) is 3.99. The second kappa shape index (κ2) is 5.37. The van der Waals surface area contributed by atoms with Gasteiger partial charge in [0.2, 0.25) is 5.88 Å². The Hall–Kier alpha value is -1.59. The molecule has 1 aromatic carbocycles. The minimum absolute atomic E-state index is 0.0416. The number of ether oxygens (including phenoxy) is 1. The van der Waals surface area contributed by atoms with Crippen LogP contribution in [0.1, 0.15) is 10.4 Å². The van der Waals surface area contributed by atoms with Gasteiger partial charge in [-0.15, -0.1) is 0 Å². The van der Waals surface area contributed by atoms with Crippen LogP contribution in [-0.4, -0.2) is 16.1 Å². The maximum Gasteiger partial charge on any atom is 0.339 e. The fourth-order valence-electron chi connectivity index (χ4n) is 1.31. The summed E-state index contributed by atoms with van der Waals surface area (Å²) < 4.78 is 6.13. The van der Waals surface area contributed by atoms with E-state index >= 15 is 0 Å². The van der Waals surface area contributed by atoms with Crippen molar-refractivity contribution in [2.45, 2.75) is 0 Å². The summed E-state index contributed by atoms with van der Waals surface area (Å²) in [5.41, 5.74) is 0.0416. The quantitative estimate of drug-likeness (QED) is 0.925. The van der Waals surface area contributed by atoms with E-state index in [9.17, 15) is 4.79 Å². The summed E-state index contributed by atoms with van der Waals surface area (Å²) in [5.74, 6) is -0.734. The van der Waals surface area contributed by atoms with Crippen molar-refractivity contribution < 1.29 is 14.6 Å². The third-order valence-corrected chi connectivity index (χ3v) is 2.89. The van der Waals surface area contributed by atoms with Crippen LogP contribution in [0.15, 0.2) is 41.0 Å². The number of carboxylic acid groups (broad SMARTS) is 1. The first-order valence-electron chi connectivity index (χ1n) is 4.89. The van der Waals surface area contributed by atoms with E-state index in [0.717, 1.165) is 0 Å². The van der Waals surface area contributed by atoms with Gasteiger partial charge < -0.3 is 9.84 Å². The van der Waals surface area contributed by atoms with Crippen LogP contribution >= 0.6 is 27.5 Å². The van der Waals surface area contributed by atoms with Crippen molar-refractivity contribution >= 4 is 33.5 Å². The van der Waals surface area contributed by atoms with Gasteiger partial charge in [0.05, 0.1) is 0 Å². The molecule has 0 unspecified atom stereocenters. The summed E-state index contributed by atoms with van der Waals surface area (Å²) in [5, 5.41) is 9.37. The zero-order valence-corrected chi connectivity index (χ0v) is 11.3. The Kier molecular flexibility index (Phi) is 3.84. The highest BCUT2D eigenvalue weighted by atomic mass is 79.9. The Bertz CT molecular complexity index is 604. The summed E-state index contributed by atoms with van der Waals surface area (Å²) in [7, 11) is 0. The SMILES string of the molecule is O=C(O)c1ccc(Br)cc1Oc1ncccc1Cl. The molecule has 0 atom stereocenters. The molecule has 0 saturated carbocycles. The Morgan fingerprint density at radius 1 is 1.39 bits per heavy atom. The summed E-state index contributed by atoms with van der Waals surface area (Å²) in [6, 6.07) is 7.89. The van der Waals surface area contributed by atoms with Gasteiger partial charge in [-0.1, -0.05) is 27.5 Å². The van der Waals surface area contributed by atoms with Crippen LogP contribution in [0.25, 0.3) is 0 Å². The number of rotatable bonds is 3. The maximum atomic E-state index is 11.1. The van der Waals surface area contributed by atoms with Gasteiger partial charge in [-0.25, -0.2) is 9.78 Å². The molecule has 18 heavy (non-hydrogen) atoms. The van der Waals surface area contributed by atoms with E-state index in [4.69, 9.17) is 21.4 Å². The van der Waals surface area contributed by atoms with Crippen LogP contribution in [0.5, 0.6) is 11.6 Å². The number of benzene rings is 1. The van der Waals surface area contributed by atoms with Crippen molar-refractivity contribution in [2.75, 3.05) is 0 Å². The highest BCUT2D eigenvalue weighted by molar-refractivity contribution is 9.10. The molecule has 1 N–H and O–H groups in total. The lowest BCUT2D eigenvalue weighted by Gasteiger charge is -2.09. The van der Waals surface area contributed by atoms with Crippen molar-refractivity contribution in [1.82, 2.24) is 4.98 Å². The standard InChI is InChI=1S/C12H7BrClNO3/c13-7-3-4-8(12(16)17)10(6-7)18-11-9(14)2-1-5-15-11/h1-6H,(H,16,17). The highest BCUT2D eigenvalue weighted by Gasteiger charge is 2.14. The molecule has 6 heteroatoms. The Morgan fingerprint density at radius 2 is 2.17 bits per heavy atom. The van der Waals surface area contributed by atoms with Crippen LogP contribution in [-0.2, 0) is 0 Å². The summed E-state index contributed by atoms with van der Waals surface area (Å²) in [6.45, 7) is 0. The van der Waals surface area contributed by atoms with Gasteiger partial charge in [0.1, 0.15) is 16.3 Å². The number of carbonyl (C=O) groups is 1. The minimum Gasteiger partial charge on any atom is -0.478 e. The number of carboxylic acids is 1. The molecule has 92 valence electrons. The fourth-order valence-corrected chi connectivity index (χ4v) is 1.81. The zero-order chi connectivity index (χ0) is 13.1. The van der Waals surface area contributed by atoms with Gasteiger partial charge in [-0.3, -0.25) is 0 Å². The first kappa shape index (κ1) is 12.9. The summed E-state index contributed by atoms with van der Waals surface area (Å²) in [6.07, 6.45) is 1.51. The molecule has 0 bridgehead atoms. The first-order valence-corrected chi connectivity index (χ1v) is 6.06. The zero-order valence-electron chi connectivity index (χ0n) is 8.93. The molecule has 0 spiro atoms. The van der Waals surface area contributed by atoms with E-state index in [1.165, 1.54) is 12.3 Å². The molecule has 2 rings (SSSR count). The average molecular weight is 329 g/mol. The van der Waals surface area contributed by atoms with E-state index in [1.807, 2.05) is 0 Å². The summed E-state index contributed by atoms with van der Waals surface area (Å²) in [4.78, 5) is 15.0. The first-order chi connectivity index (χ1) is 8.58. The second-order valence-electron chi connectivity index (χ2n) is 3.34. The number of halogens is 2. The highest BCUT2D eigenvalue weighted by Crippen LogP contribution is 2.31. The lowest BCUT2D eigenvalue weighted by atomic mass is 10.2. The summed E-state index contributed by atoms with van der Waals surface area (Å²) >= 11 is 9.15. The lowest BCUT2D eigenvalue weighted by Crippen LogP contribution is -2.00. The molecule has 1 heterocycles. The number of aromatic carboxylic acids is 1. The van der Waals surface area contributed by atoms with Crippen LogP contribution in [0.4, 0.5) is 0 Å². The maximum absolute atomic E-state index is 11.1. The normalized spacial score (nSPS) is 10.1. The molecule has 0 saturated heterocycles. The third kappa shape index (κ3) is 2.80. The molecular weight excluding hydrogens is 321 g/mol. The molecule has 1 aromatic heterocycles. The van der Waals surface area contributed by atoms with Crippen molar-refractivity contribution in [1.29, 1.82) is 0 Å². The topological polar surface area (TPSA) is 59.4 Å². The molecule has 0 fully saturated rings. The molecule has 0 aliphatic rings. The van der Waals surface area contributed by atoms with E-state index in [0.29, 0.717) is 9.50 Å². The third-order valence-electron chi connectivity index (χ3n) is 2.11. The van der Waals surface area contributed by atoms with Crippen LogP contribution in [0, 0.1) is 0 Å². The van der Waals surface area contributed by atoms with Crippen molar-refractivity contribution in [3.8, 4) is 11.6 Å². The monoisotopic (exact) mass is 327 g/mol. The molecule has 0 aliphatic heterocycles. The number of nitrogens with zero attached hydrogens (tertiary/aromatic N) is 1. The number of aromatic nitrogens is 1. The Labute approximate surface area is 116 Å².